The SMILES string of the molecule is CC(N)c1nc(C(=O)NCC2(C(=O)O)CCCCC2)cs1. The Hall–Kier alpha value is -1.47. The van der Waals surface area contributed by atoms with Crippen LogP contribution in [0, 0.1) is 5.41 Å². The van der Waals surface area contributed by atoms with Gasteiger partial charge in [-0.3, -0.25) is 9.59 Å². The highest BCUT2D eigenvalue weighted by Crippen LogP contribution is 2.36. The second-order valence-corrected chi connectivity index (χ2v) is 6.58. The van der Waals surface area contributed by atoms with Crippen molar-refractivity contribution >= 4 is 23.2 Å². The van der Waals surface area contributed by atoms with Crippen LogP contribution in [0.1, 0.15) is 60.6 Å². The first-order valence-electron chi connectivity index (χ1n) is 7.17. The molecule has 4 N–H and O–H groups in total. The van der Waals surface area contributed by atoms with Gasteiger partial charge in [0.15, 0.2) is 0 Å². The van der Waals surface area contributed by atoms with Crippen LogP contribution in [0.3, 0.4) is 0 Å². The molecule has 0 aliphatic heterocycles. The summed E-state index contributed by atoms with van der Waals surface area (Å²) in [5, 5.41) is 14.5. The number of rotatable bonds is 5. The molecule has 1 atom stereocenters. The lowest BCUT2D eigenvalue weighted by Crippen LogP contribution is -2.44. The zero-order valence-electron chi connectivity index (χ0n) is 12.1. The van der Waals surface area contributed by atoms with Crippen molar-refractivity contribution in [1.82, 2.24) is 10.3 Å². The Morgan fingerprint density at radius 3 is 2.67 bits per heavy atom. The van der Waals surface area contributed by atoms with E-state index in [0.29, 0.717) is 23.5 Å². The molecule has 0 bridgehead atoms. The monoisotopic (exact) mass is 311 g/mol. The van der Waals surface area contributed by atoms with Crippen LogP contribution in [0.4, 0.5) is 0 Å². The van der Waals surface area contributed by atoms with Crippen LogP contribution >= 0.6 is 11.3 Å². The molecule has 1 saturated carbocycles. The number of hydrogen-bond donors (Lipinski definition) is 3. The third-order valence-corrected chi connectivity index (χ3v) is 5.04. The van der Waals surface area contributed by atoms with Crippen molar-refractivity contribution in [3.63, 3.8) is 0 Å². The van der Waals surface area contributed by atoms with Gasteiger partial charge < -0.3 is 16.2 Å². The number of nitrogens with two attached hydrogens (primary N) is 1. The Kier molecular flexibility index (Phi) is 4.95. The number of carboxylic acids is 1. The maximum atomic E-state index is 12.1. The Morgan fingerprint density at radius 2 is 2.14 bits per heavy atom. The van der Waals surface area contributed by atoms with Crippen LogP contribution in [0.15, 0.2) is 5.38 Å². The molecule has 6 nitrogen and oxygen atoms in total. The number of amides is 1. The number of nitrogens with zero attached hydrogens (tertiary/aromatic N) is 1. The first-order chi connectivity index (χ1) is 9.94. The average Bonchev–Trinajstić information content (AvgIpc) is 2.95. The van der Waals surface area contributed by atoms with Crippen molar-refractivity contribution in [2.45, 2.75) is 45.1 Å². The van der Waals surface area contributed by atoms with Crippen LogP contribution < -0.4 is 11.1 Å². The molecule has 1 aromatic rings. The topological polar surface area (TPSA) is 105 Å². The number of thiazole rings is 1. The molecule has 1 heterocycles. The van der Waals surface area contributed by atoms with Gasteiger partial charge >= 0.3 is 5.97 Å². The van der Waals surface area contributed by atoms with Crippen molar-refractivity contribution in [2.75, 3.05) is 6.54 Å². The molecule has 2 rings (SSSR count). The highest BCUT2D eigenvalue weighted by atomic mass is 32.1. The van der Waals surface area contributed by atoms with Gasteiger partial charge in [0.2, 0.25) is 0 Å². The molecular formula is C14H21N3O3S. The van der Waals surface area contributed by atoms with E-state index in [9.17, 15) is 14.7 Å². The van der Waals surface area contributed by atoms with Crippen LogP contribution in [-0.2, 0) is 4.79 Å². The van der Waals surface area contributed by atoms with Crippen molar-refractivity contribution in [2.24, 2.45) is 11.1 Å². The van der Waals surface area contributed by atoms with Gasteiger partial charge in [-0.15, -0.1) is 11.3 Å². The van der Waals surface area contributed by atoms with Gasteiger partial charge in [0.1, 0.15) is 10.7 Å². The van der Waals surface area contributed by atoms with Gasteiger partial charge in [0.05, 0.1) is 11.5 Å². The van der Waals surface area contributed by atoms with Crippen LogP contribution in [-0.4, -0.2) is 28.5 Å². The van der Waals surface area contributed by atoms with Crippen molar-refractivity contribution in [3.05, 3.63) is 16.1 Å². The first-order valence-corrected chi connectivity index (χ1v) is 8.05. The number of nitrogens with one attached hydrogen (secondary N) is 1. The molecular weight excluding hydrogens is 290 g/mol. The number of aromatic nitrogens is 1. The van der Waals surface area contributed by atoms with E-state index in [1.165, 1.54) is 11.3 Å². The number of carboxylic acid groups (broad SMARTS) is 1. The summed E-state index contributed by atoms with van der Waals surface area (Å²) in [6.45, 7) is 1.97. The molecule has 1 aliphatic carbocycles. The van der Waals surface area contributed by atoms with Gasteiger partial charge in [-0.1, -0.05) is 19.3 Å². The number of carbonyl (C=O) groups is 2. The van der Waals surface area contributed by atoms with Crippen molar-refractivity contribution in [3.8, 4) is 0 Å². The Balaban J connectivity index is 1.99. The average molecular weight is 311 g/mol. The summed E-state index contributed by atoms with van der Waals surface area (Å²) >= 11 is 1.34. The fraction of sp³-hybridized carbons (Fsp3) is 0.643. The first kappa shape index (κ1) is 15.9. The normalized spacial score (nSPS) is 19.0. The van der Waals surface area contributed by atoms with Gasteiger partial charge in [0.25, 0.3) is 5.91 Å². The highest BCUT2D eigenvalue weighted by Gasteiger charge is 2.39. The molecule has 0 aromatic carbocycles. The van der Waals surface area contributed by atoms with E-state index in [4.69, 9.17) is 5.73 Å². The lowest BCUT2D eigenvalue weighted by Gasteiger charge is -2.33. The molecule has 21 heavy (non-hydrogen) atoms. The molecule has 0 saturated heterocycles. The van der Waals surface area contributed by atoms with Crippen LogP contribution in [0.2, 0.25) is 0 Å². The zero-order valence-corrected chi connectivity index (χ0v) is 12.9. The van der Waals surface area contributed by atoms with E-state index >= 15 is 0 Å². The third kappa shape index (κ3) is 3.59. The standard InChI is InChI=1S/C14H21N3O3S/c1-9(15)12-17-10(7-21-12)11(18)16-8-14(13(19)20)5-3-2-4-6-14/h7,9H,2-6,8,15H2,1H3,(H,16,18)(H,19,20). The minimum atomic E-state index is -0.825. The number of aliphatic carboxylic acids is 1. The fourth-order valence-corrected chi connectivity index (χ4v) is 3.39. The Bertz CT molecular complexity index is 521. The van der Waals surface area contributed by atoms with Crippen LogP contribution in [0.5, 0.6) is 0 Å². The molecule has 1 amide bonds. The molecule has 1 aromatic heterocycles. The summed E-state index contributed by atoms with van der Waals surface area (Å²) in [4.78, 5) is 27.8. The van der Waals surface area contributed by atoms with Crippen molar-refractivity contribution < 1.29 is 14.7 Å². The molecule has 0 radical (unpaired) electrons. The maximum Gasteiger partial charge on any atom is 0.311 e. The second-order valence-electron chi connectivity index (χ2n) is 5.69. The lowest BCUT2D eigenvalue weighted by atomic mass is 9.74. The second kappa shape index (κ2) is 6.53. The van der Waals surface area contributed by atoms with Gasteiger partial charge in [-0.05, 0) is 19.8 Å². The van der Waals surface area contributed by atoms with E-state index in [-0.39, 0.29) is 18.5 Å². The Labute approximate surface area is 127 Å². The predicted octanol–water partition coefficient (Wildman–Crippen LogP) is 1.93. The van der Waals surface area contributed by atoms with Gasteiger partial charge in [-0.2, -0.15) is 0 Å². The number of hydrogen-bond acceptors (Lipinski definition) is 5. The van der Waals surface area contributed by atoms with E-state index in [1.54, 1.807) is 5.38 Å². The van der Waals surface area contributed by atoms with E-state index in [1.807, 2.05) is 6.92 Å². The minimum absolute atomic E-state index is 0.159. The molecule has 116 valence electrons. The smallest absolute Gasteiger partial charge is 0.311 e. The van der Waals surface area contributed by atoms with E-state index < -0.39 is 11.4 Å². The lowest BCUT2D eigenvalue weighted by molar-refractivity contribution is -0.150. The molecule has 0 spiro atoms. The van der Waals surface area contributed by atoms with Crippen LogP contribution in [0.25, 0.3) is 0 Å². The number of carbonyl (C=O) groups excluding carboxylic acids is 1. The molecule has 1 aliphatic rings. The summed E-state index contributed by atoms with van der Waals surface area (Å²) in [7, 11) is 0. The minimum Gasteiger partial charge on any atom is -0.481 e. The fourth-order valence-electron chi connectivity index (χ4n) is 2.64. The summed E-state index contributed by atoms with van der Waals surface area (Å²) in [5.74, 6) is -1.15. The van der Waals surface area contributed by atoms with Gasteiger partial charge in [0, 0.05) is 11.9 Å². The summed E-state index contributed by atoms with van der Waals surface area (Å²) < 4.78 is 0. The zero-order chi connectivity index (χ0) is 15.5. The summed E-state index contributed by atoms with van der Waals surface area (Å²) in [6, 6.07) is -0.208. The van der Waals surface area contributed by atoms with E-state index in [0.717, 1.165) is 19.3 Å². The van der Waals surface area contributed by atoms with Crippen molar-refractivity contribution in [1.29, 1.82) is 0 Å². The Morgan fingerprint density at radius 1 is 1.48 bits per heavy atom. The summed E-state index contributed by atoms with van der Waals surface area (Å²) in [6.07, 6.45) is 4.09. The molecule has 1 fully saturated rings. The van der Waals surface area contributed by atoms with E-state index in [2.05, 4.69) is 10.3 Å². The maximum absolute atomic E-state index is 12.1. The largest absolute Gasteiger partial charge is 0.481 e. The van der Waals surface area contributed by atoms with Gasteiger partial charge in [-0.25, -0.2) is 4.98 Å². The predicted molar refractivity (Wildman–Crippen MR) is 80.2 cm³/mol. The molecule has 7 heteroatoms. The molecule has 1 unspecified atom stereocenters. The summed E-state index contributed by atoms with van der Waals surface area (Å²) in [5.41, 5.74) is 5.20. The highest BCUT2D eigenvalue weighted by molar-refractivity contribution is 7.09. The quantitative estimate of drug-likeness (QED) is 0.770. The third-order valence-electron chi connectivity index (χ3n) is 4.00.